The van der Waals surface area contributed by atoms with Gasteiger partial charge in [0.1, 0.15) is 0 Å². The van der Waals surface area contributed by atoms with Gasteiger partial charge in [0.15, 0.2) is 0 Å². The Morgan fingerprint density at radius 3 is 1.38 bits per heavy atom. The lowest BCUT2D eigenvalue weighted by Crippen LogP contribution is -2.27. The summed E-state index contributed by atoms with van der Waals surface area (Å²) in [7, 11) is 0. The van der Waals surface area contributed by atoms with E-state index in [0.717, 1.165) is 0 Å². The van der Waals surface area contributed by atoms with Gasteiger partial charge in [-0.1, -0.05) is 135 Å². The normalized spacial score (nSPS) is 17.7. The Labute approximate surface area is 264 Å². The maximum atomic E-state index is 2.49. The lowest BCUT2D eigenvalue weighted by atomic mass is 9.61. The topological polar surface area (TPSA) is 0 Å². The predicted octanol–water partition coefficient (Wildman–Crippen LogP) is 11.5. The van der Waals surface area contributed by atoms with Crippen molar-refractivity contribution < 1.29 is 0 Å². The standard InChI is InChI=1S/C45H32/c1-45(2)41-25-31(29-16-15-27-9-3-4-10-28(27)23-29)17-20-33(41)34-21-18-32(26-42(34)45)30-19-22-39-40(24-30)44-37-13-7-5-11-35(37)43(39)36-12-6-8-14-38(36)44/h3-26,43-44H,1-2H3. The molecule has 0 heterocycles. The van der Waals surface area contributed by atoms with Gasteiger partial charge >= 0.3 is 0 Å². The quantitative estimate of drug-likeness (QED) is 0.193. The van der Waals surface area contributed by atoms with Crippen LogP contribution in [0.2, 0.25) is 0 Å². The van der Waals surface area contributed by atoms with Crippen LogP contribution in [0.4, 0.5) is 0 Å². The lowest BCUT2D eigenvalue weighted by Gasteiger charge is -2.42. The molecule has 0 amide bonds. The van der Waals surface area contributed by atoms with E-state index in [4.69, 9.17) is 0 Å². The second kappa shape index (κ2) is 8.93. The molecule has 0 saturated carbocycles. The first-order chi connectivity index (χ1) is 22.1. The molecule has 0 fully saturated rings. The smallest absolute Gasteiger partial charge is 0.0349 e. The van der Waals surface area contributed by atoms with Crippen molar-refractivity contribution in [1.82, 2.24) is 0 Å². The number of benzene rings is 7. The molecule has 0 atom stereocenters. The van der Waals surface area contributed by atoms with Gasteiger partial charge in [0.05, 0.1) is 0 Å². The summed E-state index contributed by atoms with van der Waals surface area (Å²) in [5.74, 6) is 0.609. The summed E-state index contributed by atoms with van der Waals surface area (Å²) in [6.07, 6.45) is 0. The Balaban J connectivity index is 1.06. The molecule has 0 unspecified atom stereocenters. The van der Waals surface area contributed by atoms with Crippen LogP contribution in [0.25, 0.3) is 44.2 Å². The fraction of sp³-hybridized carbons (Fsp3) is 0.111. The van der Waals surface area contributed by atoms with Crippen LogP contribution < -0.4 is 0 Å². The zero-order valence-electron chi connectivity index (χ0n) is 25.5. The molecule has 7 aromatic rings. The zero-order valence-corrected chi connectivity index (χ0v) is 25.5. The van der Waals surface area contributed by atoms with Crippen LogP contribution in [0.15, 0.2) is 146 Å². The average Bonchev–Trinajstić information content (AvgIpc) is 3.32. The minimum atomic E-state index is -0.0846. The zero-order chi connectivity index (χ0) is 29.9. The van der Waals surface area contributed by atoms with E-state index in [-0.39, 0.29) is 5.41 Å². The first-order valence-electron chi connectivity index (χ1n) is 16.2. The second-order valence-corrected chi connectivity index (χ2v) is 13.7. The third-order valence-corrected chi connectivity index (χ3v) is 11.0. The molecule has 0 radical (unpaired) electrons. The minimum absolute atomic E-state index is 0.0846. The van der Waals surface area contributed by atoms with Gasteiger partial charge in [-0.25, -0.2) is 0 Å². The number of hydrogen-bond donors (Lipinski definition) is 0. The van der Waals surface area contributed by atoms with Crippen molar-refractivity contribution >= 4 is 10.8 Å². The van der Waals surface area contributed by atoms with Crippen LogP contribution in [0.1, 0.15) is 70.2 Å². The summed E-state index contributed by atoms with van der Waals surface area (Å²) in [6, 6.07) is 55.1. The predicted molar refractivity (Wildman–Crippen MR) is 187 cm³/mol. The van der Waals surface area contributed by atoms with Gasteiger partial charge in [-0.3, -0.25) is 0 Å². The van der Waals surface area contributed by atoms with Gasteiger partial charge in [-0.15, -0.1) is 0 Å². The molecule has 7 aromatic carbocycles. The van der Waals surface area contributed by atoms with Crippen LogP contribution in [-0.4, -0.2) is 0 Å². The molecule has 0 nitrogen and oxygen atoms in total. The van der Waals surface area contributed by atoms with Crippen molar-refractivity contribution in [2.24, 2.45) is 0 Å². The number of rotatable bonds is 2. The van der Waals surface area contributed by atoms with Crippen molar-refractivity contribution in [2.45, 2.75) is 31.1 Å². The maximum Gasteiger partial charge on any atom is 0.0349 e. The largest absolute Gasteiger partial charge is 0.0619 e. The van der Waals surface area contributed by atoms with Crippen LogP contribution in [0, 0.1) is 0 Å². The summed E-state index contributed by atoms with van der Waals surface area (Å²) >= 11 is 0. The van der Waals surface area contributed by atoms with Crippen LogP contribution in [-0.2, 0) is 5.41 Å². The van der Waals surface area contributed by atoms with Gasteiger partial charge in [-0.2, -0.15) is 0 Å². The van der Waals surface area contributed by atoms with Crippen LogP contribution in [0.3, 0.4) is 0 Å². The molecule has 0 aromatic heterocycles. The molecule has 2 bridgehead atoms. The van der Waals surface area contributed by atoms with Crippen molar-refractivity contribution in [1.29, 1.82) is 0 Å². The maximum absolute atomic E-state index is 2.49. The Morgan fingerprint density at radius 1 is 0.356 bits per heavy atom. The highest BCUT2D eigenvalue weighted by Crippen LogP contribution is 2.56. The third kappa shape index (κ3) is 3.43. The molecule has 11 rings (SSSR count). The van der Waals surface area contributed by atoms with E-state index in [1.165, 1.54) is 88.7 Å². The molecule has 0 N–H and O–H groups in total. The molecule has 0 saturated heterocycles. The van der Waals surface area contributed by atoms with Gasteiger partial charge in [-0.05, 0) is 113 Å². The Bertz CT molecular complexity index is 2320. The van der Waals surface area contributed by atoms with E-state index in [1.54, 1.807) is 0 Å². The summed E-state index contributed by atoms with van der Waals surface area (Å²) < 4.78 is 0. The van der Waals surface area contributed by atoms with Gasteiger partial charge in [0, 0.05) is 17.3 Å². The first kappa shape index (κ1) is 25.2. The fourth-order valence-corrected chi connectivity index (χ4v) is 8.81. The lowest BCUT2D eigenvalue weighted by molar-refractivity contribution is 0.661. The number of fused-ring (bicyclic) bond motifs is 4. The van der Waals surface area contributed by atoms with Gasteiger partial charge in [0.2, 0.25) is 0 Å². The molecule has 4 aliphatic carbocycles. The Hall–Kier alpha value is -5.20. The SMILES string of the molecule is CC1(C)c2cc(-c3ccc4c(c3)C3c5ccccc5C4c4ccccc43)ccc2-c2ccc(-c3ccc4ccccc4c3)cc21. The van der Waals surface area contributed by atoms with E-state index in [1.807, 2.05) is 0 Å². The molecule has 0 heteroatoms. The first-order valence-corrected chi connectivity index (χ1v) is 16.2. The summed E-state index contributed by atoms with van der Waals surface area (Å²) in [4.78, 5) is 0. The van der Waals surface area contributed by atoms with Gasteiger partial charge in [0.25, 0.3) is 0 Å². The Kier molecular flexibility index (Phi) is 4.99. The van der Waals surface area contributed by atoms with Crippen molar-refractivity contribution in [2.75, 3.05) is 0 Å². The van der Waals surface area contributed by atoms with E-state index in [0.29, 0.717) is 11.8 Å². The van der Waals surface area contributed by atoms with Crippen LogP contribution >= 0.6 is 0 Å². The van der Waals surface area contributed by atoms with Gasteiger partial charge < -0.3 is 0 Å². The summed E-state index contributed by atoms with van der Waals surface area (Å²) in [6.45, 7) is 4.79. The summed E-state index contributed by atoms with van der Waals surface area (Å²) in [5.41, 5.74) is 19.5. The third-order valence-electron chi connectivity index (χ3n) is 11.0. The monoisotopic (exact) mass is 572 g/mol. The Morgan fingerprint density at radius 2 is 0.778 bits per heavy atom. The van der Waals surface area contributed by atoms with E-state index < -0.39 is 0 Å². The fourth-order valence-electron chi connectivity index (χ4n) is 8.81. The molecule has 4 aliphatic rings. The molecular formula is C45H32. The molecule has 45 heavy (non-hydrogen) atoms. The molecular weight excluding hydrogens is 540 g/mol. The van der Waals surface area contributed by atoms with E-state index in [9.17, 15) is 0 Å². The van der Waals surface area contributed by atoms with Crippen molar-refractivity contribution in [3.8, 4) is 33.4 Å². The van der Waals surface area contributed by atoms with E-state index >= 15 is 0 Å². The molecule has 212 valence electrons. The molecule has 0 spiro atoms. The highest BCUT2D eigenvalue weighted by molar-refractivity contribution is 5.90. The molecule has 0 aliphatic heterocycles. The highest BCUT2D eigenvalue weighted by atomic mass is 14.4. The van der Waals surface area contributed by atoms with Crippen LogP contribution in [0.5, 0.6) is 0 Å². The van der Waals surface area contributed by atoms with Crippen molar-refractivity contribution in [3.63, 3.8) is 0 Å². The second-order valence-electron chi connectivity index (χ2n) is 13.7. The van der Waals surface area contributed by atoms with E-state index in [2.05, 4.69) is 159 Å². The average molecular weight is 573 g/mol. The minimum Gasteiger partial charge on any atom is -0.0619 e. The van der Waals surface area contributed by atoms with Crippen molar-refractivity contribution in [3.05, 3.63) is 190 Å². The highest BCUT2D eigenvalue weighted by Gasteiger charge is 2.41. The number of hydrogen-bond acceptors (Lipinski definition) is 0. The summed E-state index contributed by atoms with van der Waals surface area (Å²) in [5, 5.41) is 2.57.